The summed E-state index contributed by atoms with van der Waals surface area (Å²) in [6, 6.07) is 11.7. The minimum absolute atomic E-state index is 0.496. The quantitative estimate of drug-likeness (QED) is 0.618. The number of rotatable bonds is 3. The number of benzene rings is 2. The van der Waals surface area contributed by atoms with Gasteiger partial charge in [0.2, 0.25) is 0 Å². The van der Waals surface area contributed by atoms with Crippen LogP contribution in [0.25, 0.3) is 10.8 Å². The molecule has 0 saturated carbocycles. The number of nitrogens with two attached hydrogens (primary N) is 1. The second-order valence-corrected chi connectivity index (χ2v) is 3.59. The van der Waals surface area contributed by atoms with Gasteiger partial charge in [0.25, 0.3) is 6.43 Å². The largest absolute Gasteiger partial charge is 0.271 e. The predicted molar refractivity (Wildman–Crippen MR) is 60.0 cm³/mol. The van der Waals surface area contributed by atoms with E-state index in [9.17, 15) is 8.78 Å². The Labute approximate surface area is 92.0 Å². The smallest absolute Gasteiger partial charge is 0.259 e. The van der Waals surface area contributed by atoms with Gasteiger partial charge >= 0.3 is 0 Å². The van der Waals surface area contributed by atoms with Crippen LogP contribution in [0.2, 0.25) is 0 Å². The molecule has 3 N–H and O–H groups in total. The lowest BCUT2D eigenvalue weighted by Gasteiger charge is -2.15. The summed E-state index contributed by atoms with van der Waals surface area (Å²) < 4.78 is 25.3. The van der Waals surface area contributed by atoms with E-state index in [1.807, 2.05) is 30.3 Å². The molecular weight excluding hydrogens is 210 g/mol. The molecule has 0 saturated heterocycles. The highest BCUT2D eigenvalue weighted by Crippen LogP contribution is 2.23. The normalized spacial score (nSPS) is 13.2. The summed E-state index contributed by atoms with van der Waals surface area (Å²) in [5, 5.41) is 1.96. The highest BCUT2D eigenvalue weighted by molar-refractivity contribution is 5.83. The van der Waals surface area contributed by atoms with Crippen LogP contribution in [-0.4, -0.2) is 6.43 Å². The maximum absolute atomic E-state index is 12.6. The molecule has 2 rings (SSSR count). The predicted octanol–water partition coefficient (Wildman–Crippen LogP) is 2.61. The Morgan fingerprint density at radius 1 is 1.00 bits per heavy atom. The fourth-order valence-corrected chi connectivity index (χ4v) is 1.72. The molecule has 4 heteroatoms. The summed E-state index contributed by atoms with van der Waals surface area (Å²) in [5.74, 6) is 5.12. The number of hydrogen-bond acceptors (Lipinski definition) is 2. The molecule has 2 aromatic rings. The zero-order valence-corrected chi connectivity index (χ0v) is 8.53. The van der Waals surface area contributed by atoms with Crippen LogP contribution in [0.15, 0.2) is 42.5 Å². The maximum atomic E-state index is 12.6. The zero-order chi connectivity index (χ0) is 11.5. The van der Waals surface area contributed by atoms with Crippen LogP contribution < -0.4 is 11.3 Å². The Kier molecular flexibility index (Phi) is 3.12. The van der Waals surface area contributed by atoms with E-state index in [2.05, 4.69) is 5.43 Å². The molecule has 0 aliphatic rings. The van der Waals surface area contributed by atoms with E-state index >= 15 is 0 Å². The van der Waals surface area contributed by atoms with Gasteiger partial charge in [-0.15, -0.1) is 0 Å². The number of nitrogens with one attached hydrogen (secondary N) is 1. The first-order valence-electron chi connectivity index (χ1n) is 4.95. The molecule has 1 unspecified atom stereocenters. The minimum atomic E-state index is -2.52. The van der Waals surface area contributed by atoms with Crippen molar-refractivity contribution in [1.82, 2.24) is 5.43 Å². The SMILES string of the molecule is NNC(c1ccc2ccccc2c1)C(F)F. The average Bonchev–Trinajstić information content (AvgIpc) is 2.29. The molecule has 0 bridgehead atoms. The molecular formula is C12H12F2N2. The van der Waals surface area contributed by atoms with Gasteiger partial charge in [-0.3, -0.25) is 5.84 Å². The van der Waals surface area contributed by atoms with Crippen LogP contribution in [-0.2, 0) is 0 Å². The van der Waals surface area contributed by atoms with Crippen molar-refractivity contribution in [3.63, 3.8) is 0 Å². The highest BCUT2D eigenvalue weighted by atomic mass is 19.3. The lowest BCUT2D eigenvalue weighted by atomic mass is 10.0. The van der Waals surface area contributed by atoms with E-state index in [0.717, 1.165) is 10.8 Å². The fraction of sp³-hybridized carbons (Fsp3) is 0.167. The summed E-state index contributed by atoms with van der Waals surface area (Å²) in [7, 11) is 0. The summed E-state index contributed by atoms with van der Waals surface area (Å²) in [5.41, 5.74) is 2.63. The zero-order valence-electron chi connectivity index (χ0n) is 8.53. The van der Waals surface area contributed by atoms with Crippen LogP contribution >= 0.6 is 0 Å². The van der Waals surface area contributed by atoms with Gasteiger partial charge in [0.1, 0.15) is 6.04 Å². The standard InChI is InChI=1S/C12H12F2N2/c13-12(14)11(16-15)10-6-5-8-3-1-2-4-9(8)7-10/h1-7,11-12,16H,15H2. The highest BCUT2D eigenvalue weighted by Gasteiger charge is 2.20. The molecule has 0 amide bonds. The summed E-state index contributed by atoms with van der Waals surface area (Å²) in [6.07, 6.45) is -2.52. The molecule has 0 aromatic heterocycles. The van der Waals surface area contributed by atoms with E-state index in [-0.39, 0.29) is 0 Å². The average molecular weight is 222 g/mol. The number of hydrogen-bond donors (Lipinski definition) is 2. The van der Waals surface area contributed by atoms with Crippen molar-refractivity contribution in [3.05, 3.63) is 48.0 Å². The second-order valence-electron chi connectivity index (χ2n) is 3.59. The molecule has 0 aliphatic heterocycles. The van der Waals surface area contributed by atoms with Crippen LogP contribution in [0.4, 0.5) is 8.78 Å². The molecule has 0 fully saturated rings. The van der Waals surface area contributed by atoms with Crippen molar-refractivity contribution >= 4 is 10.8 Å². The van der Waals surface area contributed by atoms with Crippen molar-refractivity contribution in [2.24, 2.45) is 5.84 Å². The summed E-state index contributed by atoms with van der Waals surface area (Å²) in [6.45, 7) is 0. The van der Waals surface area contributed by atoms with Gasteiger partial charge in [-0.05, 0) is 22.4 Å². The molecule has 2 aromatic carbocycles. The lowest BCUT2D eigenvalue weighted by molar-refractivity contribution is 0.0987. The van der Waals surface area contributed by atoms with Crippen molar-refractivity contribution < 1.29 is 8.78 Å². The van der Waals surface area contributed by atoms with Crippen LogP contribution in [0.5, 0.6) is 0 Å². The van der Waals surface area contributed by atoms with Crippen LogP contribution in [0, 0.1) is 0 Å². The third kappa shape index (κ3) is 2.03. The van der Waals surface area contributed by atoms with Crippen LogP contribution in [0.1, 0.15) is 11.6 Å². The molecule has 0 aliphatic carbocycles. The molecule has 2 nitrogen and oxygen atoms in total. The Morgan fingerprint density at radius 2 is 1.69 bits per heavy atom. The second kappa shape index (κ2) is 4.55. The number of hydrazine groups is 1. The first-order valence-corrected chi connectivity index (χ1v) is 4.95. The van der Waals surface area contributed by atoms with Gasteiger partial charge in [-0.2, -0.15) is 0 Å². The van der Waals surface area contributed by atoms with Gasteiger partial charge in [0, 0.05) is 0 Å². The van der Waals surface area contributed by atoms with Gasteiger partial charge in [0.05, 0.1) is 0 Å². The third-order valence-corrected chi connectivity index (χ3v) is 2.56. The summed E-state index contributed by atoms with van der Waals surface area (Å²) >= 11 is 0. The number of alkyl halides is 2. The molecule has 16 heavy (non-hydrogen) atoms. The monoisotopic (exact) mass is 222 g/mol. The van der Waals surface area contributed by atoms with E-state index in [1.165, 1.54) is 0 Å². The van der Waals surface area contributed by atoms with Gasteiger partial charge in [0.15, 0.2) is 0 Å². The Hall–Kier alpha value is -1.52. The molecule has 0 spiro atoms. The van der Waals surface area contributed by atoms with Gasteiger partial charge in [-0.25, -0.2) is 14.2 Å². The van der Waals surface area contributed by atoms with E-state index < -0.39 is 12.5 Å². The first kappa shape index (κ1) is 11.0. The Bertz CT molecular complexity index is 485. The van der Waals surface area contributed by atoms with Gasteiger partial charge < -0.3 is 0 Å². The number of fused-ring (bicyclic) bond motifs is 1. The molecule has 0 heterocycles. The fourth-order valence-electron chi connectivity index (χ4n) is 1.72. The topological polar surface area (TPSA) is 38.0 Å². The van der Waals surface area contributed by atoms with E-state index in [0.29, 0.717) is 5.56 Å². The Morgan fingerprint density at radius 3 is 2.31 bits per heavy atom. The van der Waals surface area contributed by atoms with E-state index in [1.54, 1.807) is 12.1 Å². The molecule has 1 atom stereocenters. The first-order chi connectivity index (χ1) is 7.72. The molecule has 84 valence electrons. The minimum Gasteiger partial charge on any atom is -0.271 e. The number of halogens is 2. The lowest BCUT2D eigenvalue weighted by Crippen LogP contribution is -2.32. The van der Waals surface area contributed by atoms with E-state index in [4.69, 9.17) is 5.84 Å². The van der Waals surface area contributed by atoms with Crippen molar-refractivity contribution in [2.45, 2.75) is 12.5 Å². The summed E-state index contributed by atoms with van der Waals surface area (Å²) in [4.78, 5) is 0. The van der Waals surface area contributed by atoms with Crippen molar-refractivity contribution in [3.8, 4) is 0 Å². The van der Waals surface area contributed by atoms with Crippen molar-refractivity contribution in [1.29, 1.82) is 0 Å². The molecule has 0 radical (unpaired) electrons. The Balaban J connectivity index is 2.45. The van der Waals surface area contributed by atoms with Crippen molar-refractivity contribution in [2.75, 3.05) is 0 Å². The van der Waals surface area contributed by atoms with Gasteiger partial charge in [-0.1, -0.05) is 36.4 Å². The third-order valence-electron chi connectivity index (χ3n) is 2.56. The maximum Gasteiger partial charge on any atom is 0.259 e. The van der Waals surface area contributed by atoms with Crippen LogP contribution in [0.3, 0.4) is 0 Å².